The molecule has 1 aromatic carbocycles. The molecule has 0 aromatic heterocycles. The normalized spacial score (nSPS) is 18.5. The second-order valence-corrected chi connectivity index (χ2v) is 10.1. The average molecular weight is 448 g/mol. The zero-order valence-electron chi connectivity index (χ0n) is 15.7. The molecule has 0 aliphatic carbocycles. The lowest BCUT2D eigenvalue weighted by Gasteiger charge is -2.29. The van der Waals surface area contributed by atoms with E-state index in [1.165, 1.54) is 11.0 Å². The molecule has 1 heterocycles. The van der Waals surface area contributed by atoms with Crippen LogP contribution < -0.4 is 0 Å². The van der Waals surface area contributed by atoms with Gasteiger partial charge in [0.15, 0.2) is 16.4 Å². The highest BCUT2D eigenvalue weighted by molar-refractivity contribution is 7.91. The molecule has 0 saturated carbocycles. The third-order valence-electron chi connectivity index (χ3n) is 4.25. The van der Waals surface area contributed by atoms with Gasteiger partial charge in [-0.05, 0) is 30.0 Å². The van der Waals surface area contributed by atoms with E-state index in [0.29, 0.717) is 28.6 Å². The summed E-state index contributed by atoms with van der Waals surface area (Å²) in [5.41, 5.74) is 0.551. The van der Waals surface area contributed by atoms with Gasteiger partial charge in [0.05, 0.1) is 21.6 Å². The van der Waals surface area contributed by atoms with Crippen molar-refractivity contribution in [3.63, 3.8) is 0 Å². The van der Waals surface area contributed by atoms with Crippen LogP contribution in [-0.2, 0) is 24.2 Å². The van der Waals surface area contributed by atoms with E-state index in [1.807, 2.05) is 13.8 Å². The topological polar surface area (TPSA) is 80.8 Å². The van der Waals surface area contributed by atoms with Crippen molar-refractivity contribution in [1.29, 1.82) is 0 Å². The van der Waals surface area contributed by atoms with Crippen molar-refractivity contribution >= 4 is 51.0 Å². The summed E-state index contributed by atoms with van der Waals surface area (Å²) in [5, 5.41) is 0.679. The molecule has 1 aliphatic rings. The number of hydrogen-bond donors (Lipinski definition) is 0. The Hall–Kier alpha value is -1.57. The molecule has 154 valence electrons. The number of sulfone groups is 1. The fourth-order valence-corrected chi connectivity index (χ4v) is 5.04. The van der Waals surface area contributed by atoms with Crippen LogP contribution in [0.3, 0.4) is 0 Å². The van der Waals surface area contributed by atoms with Crippen molar-refractivity contribution in [3.8, 4) is 0 Å². The molecular formula is C19H23Cl2NO5S. The lowest BCUT2D eigenvalue weighted by Crippen LogP contribution is -2.45. The van der Waals surface area contributed by atoms with Crippen molar-refractivity contribution in [2.75, 3.05) is 24.7 Å². The van der Waals surface area contributed by atoms with E-state index >= 15 is 0 Å². The first kappa shape index (κ1) is 22.7. The van der Waals surface area contributed by atoms with Gasteiger partial charge in [-0.25, -0.2) is 13.2 Å². The fourth-order valence-electron chi connectivity index (χ4n) is 2.94. The quantitative estimate of drug-likeness (QED) is 0.473. The summed E-state index contributed by atoms with van der Waals surface area (Å²) in [4.78, 5) is 26.0. The number of ether oxygens (including phenoxy) is 1. The van der Waals surface area contributed by atoms with E-state index < -0.39 is 28.3 Å². The first-order valence-electron chi connectivity index (χ1n) is 8.88. The zero-order chi connectivity index (χ0) is 20.9. The number of carbonyl (C=O) groups excluding carboxylic acids is 2. The van der Waals surface area contributed by atoms with E-state index in [0.717, 1.165) is 6.08 Å². The Morgan fingerprint density at radius 1 is 1.32 bits per heavy atom. The van der Waals surface area contributed by atoms with Gasteiger partial charge < -0.3 is 9.64 Å². The highest BCUT2D eigenvalue weighted by Crippen LogP contribution is 2.26. The van der Waals surface area contributed by atoms with Crippen molar-refractivity contribution < 1.29 is 22.7 Å². The molecule has 1 aromatic rings. The predicted molar refractivity (Wildman–Crippen MR) is 110 cm³/mol. The van der Waals surface area contributed by atoms with Crippen LogP contribution in [0, 0.1) is 5.92 Å². The summed E-state index contributed by atoms with van der Waals surface area (Å²) in [7, 11) is -3.12. The number of amides is 1. The molecular weight excluding hydrogens is 425 g/mol. The fraction of sp³-hybridized carbons (Fsp3) is 0.474. The molecule has 2 rings (SSSR count). The summed E-state index contributed by atoms with van der Waals surface area (Å²) in [6, 6.07) is 4.64. The number of rotatable bonds is 7. The summed E-state index contributed by atoms with van der Waals surface area (Å²) in [6.07, 6.45) is 3.02. The Morgan fingerprint density at radius 3 is 2.64 bits per heavy atom. The van der Waals surface area contributed by atoms with Gasteiger partial charge in [-0.1, -0.05) is 49.2 Å². The number of esters is 1. The first-order valence-corrected chi connectivity index (χ1v) is 11.5. The van der Waals surface area contributed by atoms with Gasteiger partial charge in [0.25, 0.3) is 5.91 Å². The van der Waals surface area contributed by atoms with Crippen LogP contribution in [-0.4, -0.2) is 55.9 Å². The van der Waals surface area contributed by atoms with Crippen LogP contribution in [0.25, 0.3) is 6.08 Å². The lowest BCUT2D eigenvalue weighted by atomic mass is 10.1. The Balaban J connectivity index is 1.96. The largest absolute Gasteiger partial charge is 0.452 e. The molecule has 0 N–H and O–H groups in total. The van der Waals surface area contributed by atoms with Crippen molar-refractivity contribution in [2.45, 2.75) is 26.3 Å². The maximum absolute atomic E-state index is 12.5. The van der Waals surface area contributed by atoms with E-state index in [9.17, 15) is 18.0 Å². The van der Waals surface area contributed by atoms with E-state index in [1.54, 1.807) is 18.2 Å². The summed E-state index contributed by atoms with van der Waals surface area (Å²) < 4.78 is 28.5. The molecule has 0 radical (unpaired) electrons. The van der Waals surface area contributed by atoms with Crippen LogP contribution in [0.4, 0.5) is 0 Å². The number of halogens is 2. The monoisotopic (exact) mass is 447 g/mol. The van der Waals surface area contributed by atoms with Gasteiger partial charge >= 0.3 is 5.97 Å². The van der Waals surface area contributed by atoms with E-state index in [-0.39, 0.29) is 23.5 Å². The number of hydrogen-bond acceptors (Lipinski definition) is 5. The van der Waals surface area contributed by atoms with E-state index in [4.69, 9.17) is 27.9 Å². The maximum atomic E-state index is 12.5. The van der Waals surface area contributed by atoms with Crippen LogP contribution >= 0.6 is 23.2 Å². The van der Waals surface area contributed by atoms with Crippen molar-refractivity contribution in [1.82, 2.24) is 4.90 Å². The highest BCUT2D eigenvalue weighted by Gasteiger charge is 2.35. The molecule has 1 aliphatic heterocycles. The Labute approximate surface area is 175 Å². The second-order valence-electron chi connectivity index (χ2n) is 7.08. The van der Waals surface area contributed by atoms with Gasteiger partial charge in [0, 0.05) is 18.7 Å². The average Bonchev–Trinajstić information content (AvgIpc) is 2.98. The SMILES string of the molecule is CC(C)CN(C(=O)COC(=O)/C=C/c1cccc(Cl)c1Cl)C1CCS(=O)(=O)C1. The predicted octanol–water partition coefficient (Wildman–Crippen LogP) is 3.22. The number of nitrogens with zero attached hydrogens (tertiary/aromatic N) is 1. The standard InChI is InChI=1S/C19H23Cl2NO5S/c1-13(2)10-22(15-8-9-28(25,26)12-15)17(23)11-27-18(24)7-6-14-4-3-5-16(20)19(14)21/h3-7,13,15H,8-12H2,1-2H3/b7-6+. The summed E-state index contributed by atoms with van der Waals surface area (Å²) >= 11 is 12.0. The molecule has 9 heteroatoms. The van der Waals surface area contributed by atoms with Crippen LogP contribution in [0.1, 0.15) is 25.8 Å². The third kappa shape index (κ3) is 6.50. The van der Waals surface area contributed by atoms with E-state index in [2.05, 4.69) is 0 Å². The molecule has 1 unspecified atom stereocenters. The Morgan fingerprint density at radius 2 is 2.04 bits per heavy atom. The molecule has 6 nitrogen and oxygen atoms in total. The molecule has 28 heavy (non-hydrogen) atoms. The van der Waals surface area contributed by atoms with Gasteiger partial charge in [-0.15, -0.1) is 0 Å². The summed E-state index contributed by atoms with van der Waals surface area (Å²) in [5.74, 6) is -0.922. The number of carbonyl (C=O) groups is 2. The van der Waals surface area contributed by atoms with Crippen LogP contribution in [0.15, 0.2) is 24.3 Å². The van der Waals surface area contributed by atoms with Crippen molar-refractivity contribution in [2.24, 2.45) is 5.92 Å². The highest BCUT2D eigenvalue weighted by atomic mass is 35.5. The Bertz CT molecular complexity index is 867. The van der Waals surface area contributed by atoms with Gasteiger partial charge in [-0.3, -0.25) is 4.79 Å². The smallest absolute Gasteiger partial charge is 0.331 e. The van der Waals surface area contributed by atoms with Gasteiger partial charge in [0.2, 0.25) is 0 Å². The summed E-state index contributed by atoms with van der Waals surface area (Å²) in [6.45, 7) is 3.83. The van der Waals surface area contributed by atoms with Crippen molar-refractivity contribution in [3.05, 3.63) is 39.9 Å². The maximum Gasteiger partial charge on any atom is 0.331 e. The molecule has 1 saturated heterocycles. The van der Waals surface area contributed by atoms with Crippen LogP contribution in [0.5, 0.6) is 0 Å². The van der Waals surface area contributed by atoms with Crippen LogP contribution in [0.2, 0.25) is 10.0 Å². The Kier molecular flexibility index (Phi) is 7.92. The minimum Gasteiger partial charge on any atom is -0.452 e. The first-order chi connectivity index (χ1) is 13.1. The van der Waals surface area contributed by atoms with Gasteiger partial charge in [-0.2, -0.15) is 0 Å². The molecule has 1 fully saturated rings. The molecule has 1 atom stereocenters. The second kappa shape index (κ2) is 9.76. The third-order valence-corrected chi connectivity index (χ3v) is 6.83. The molecule has 0 spiro atoms. The minimum atomic E-state index is -3.12. The molecule has 0 bridgehead atoms. The number of benzene rings is 1. The lowest BCUT2D eigenvalue weighted by molar-refractivity contribution is -0.149. The van der Waals surface area contributed by atoms with Gasteiger partial charge in [0.1, 0.15) is 0 Å². The zero-order valence-corrected chi connectivity index (χ0v) is 18.1. The minimum absolute atomic E-state index is 0.0490. The molecule has 1 amide bonds.